The highest BCUT2D eigenvalue weighted by molar-refractivity contribution is 5.65. The van der Waals surface area contributed by atoms with E-state index < -0.39 is 6.09 Å². The Morgan fingerprint density at radius 2 is 1.93 bits per heavy atom. The zero-order chi connectivity index (χ0) is 9.97. The van der Waals surface area contributed by atoms with Crippen LogP contribution in [0.15, 0.2) is 0 Å². The Hall–Kier alpha value is -0.810. The summed E-state index contributed by atoms with van der Waals surface area (Å²) in [6.07, 6.45) is -0.782. The number of nitrogens with one attached hydrogen (secondary N) is 1. The van der Waals surface area contributed by atoms with E-state index in [0.29, 0.717) is 13.1 Å². The highest BCUT2D eigenvalue weighted by Crippen LogP contribution is 2.08. The van der Waals surface area contributed by atoms with Crippen molar-refractivity contribution >= 4 is 6.09 Å². The summed E-state index contributed by atoms with van der Waals surface area (Å²) in [5, 5.41) is 12.0. The maximum Gasteiger partial charge on any atom is 0.407 e. The molecule has 1 amide bonds. The van der Waals surface area contributed by atoms with Crippen molar-refractivity contribution in [2.45, 2.75) is 0 Å². The Morgan fingerprint density at radius 1 is 1.29 bits per heavy atom. The number of rotatable bonds is 2. The van der Waals surface area contributed by atoms with Gasteiger partial charge in [0.2, 0.25) is 0 Å². The summed E-state index contributed by atoms with van der Waals surface area (Å²) in [5.74, 6) is 0.784. The minimum Gasteiger partial charge on any atom is -0.465 e. The lowest BCUT2D eigenvalue weighted by atomic mass is 10.0. The highest BCUT2D eigenvalue weighted by Gasteiger charge is 2.24. The van der Waals surface area contributed by atoms with Gasteiger partial charge < -0.3 is 15.3 Å². The molecule has 0 saturated carbocycles. The molecular weight excluding hydrogens is 182 g/mol. The number of hydrogen-bond donors (Lipinski definition) is 2. The Morgan fingerprint density at radius 3 is 2.36 bits per heavy atom. The van der Waals surface area contributed by atoms with Crippen LogP contribution in [-0.2, 0) is 0 Å². The zero-order valence-corrected chi connectivity index (χ0v) is 8.28. The van der Waals surface area contributed by atoms with Gasteiger partial charge in [0.15, 0.2) is 0 Å². The highest BCUT2D eigenvalue weighted by atomic mass is 16.4. The van der Waals surface area contributed by atoms with Gasteiger partial charge in [-0.25, -0.2) is 4.79 Å². The van der Waals surface area contributed by atoms with E-state index in [1.165, 1.54) is 4.90 Å². The second kappa shape index (κ2) is 4.14. The fourth-order valence-corrected chi connectivity index (χ4v) is 1.96. The fourth-order valence-electron chi connectivity index (χ4n) is 1.96. The molecule has 14 heavy (non-hydrogen) atoms. The van der Waals surface area contributed by atoms with Crippen molar-refractivity contribution in [1.82, 2.24) is 15.1 Å². The standard InChI is InChI=1S/C9H17N3O2/c13-9(14)12-3-1-11(2-4-12)7-8-5-10-6-8/h8,10H,1-7H2,(H,13,14). The molecule has 5 heteroatoms. The lowest BCUT2D eigenvalue weighted by Crippen LogP contribution is -2.53. The van der Waals surface area contributed by atoms with Crippen LogP contribution < -0.4 is 5.32 Å². The Labute approximate surface area is 83.7 Å². The van der Waals surface area contributed by atoms with Crippen molar-refractivity contribution in [1.29, 1.82) is 0 Å². The molecule has 0 spiro atoms. The van der Waals surface area contributed by atoms with Gasteiger partial charge in [-0.05, 0) is 5.92 Å². The van der Waals surface area contributed by atoms with E-state index in [-0.39, 0.29) is 0 Å². The average molecular weight is 199 g/mol. The van der Waals surface area contributed by atoms with Crippen LogP contribution in [0.4, 0.5) is 4.79 Å². The molecule has 80 valence electrons. The van der Waals surface area contributed by atoms with Crippen molar-refractivity contribution in [3.8, 4) is 0 Å². The van der Waals surface area contributed by atoms with Crippen molar-refractivity contribution in [2.24, 2.45) is 5.92 Å². The van der Waals surface area contributed by atoms with Gasteiger partial charge in [-0.2, -0.15) is 0 Å². The largest absolute Gasteiger partial charge is 0.465 e. The molecule has 2 heterocycles. The first-order valence-corrected chi connectivity index (χ1v) is 5.16. The number of hydrogen-bond acceptors (Lipinski definition) is 3. The lowest BCUT2D eigenvalue weighted by Gasteiger charge is -2.37. The molecule has 2 saturated heterocycles. The molecule has 0 atom stereocenters. The summed E-state index contributed by atoms with van der Waals surface area (Å²) in [4.78, 5) is 14.5. The third-order valence-corrected chi connectivity index (χ3v) is 3.03. The smallest absolute Gasteiger partial charge is 0.407 e. The first kappa shape index (κ1) is 9.73. The molecule has 2 aliphatic heterocycles. The maximum atomic E-state index is 10.6. The van der Waals surface area contributed by atoms with Crippen LogP contribution in [0.25, 0.3) is 0 Å². The second-order valence-corrected chi connectivity index (χ2v) is 4.09. The van der Waals surface area contributed by atoms with Crippen LogP contribution in [0, 0.1) is 5.92 Å². The predicted molar refractivity (Wildman–Crippen MR) is 52.4 cm³/mol. The number of piperazine rings is 1. The van der Waals surface area contributed by atoms with Crippen molar-refractivity contribution in [3.05, 3.63) is 0 Å². The normalized spacial score (nSPS) is 24.7. The molecule has 2 fully saturated rings. The van der Waals surface area contributed by atoms with Gasteiger partial charge in [-0.1, -0.05) is 0 Å². The first-order chi connectivity index (χ1) is 6.75. The van der Waals surface area contributed by atoms with Crippen molar-refractivity contribution in [2.75, 3.05) is 45.8 Å². The van der Waals surface area contributed by atoms with Crippen LogP contribution in [-0.4, -0.2) is 66.8 Å². The van der Waals surface area contributed by atoms with E-state index in [4.69, 9.17) is 5.11 Å². The number of carbonyl (C=O) groups is 1. The van der Waals surface area contributed by atoms with Gasteiger partial charge in [-0.15, -0.1) is 0 Å². The Balaban J connectivity index is 1.69. The van der Waals surface area contributed by atoms with Gasteiger partial charge in [0.05, 0.1) is 0 Å². The fraction of sp³-hybridized carbons (Fsp3) is 0.889. The third-order valence-electron chi connectivity index (χ3n) is 3.03. The SMILES string of the molecule is O=C(O)N1CCN(CC2CNC2)CC1. The van der Waals surface area contributed by atoms with Gasteiger partial charge in [0.25, 0.3) is 0 Å². The van der Waals surface area contributed by atoms with E-state index in [1.54, 1.807) is 0 Å². The maximum absolute atomic E-state index is 10.6. The molecule has 2 rings (SSSR count). The predicted octanol–water partition coefficient (Wildman–Crippen LogP) is -0.499. The first-order valence-electron chi connectivity index (χ1n) is 5.16. The molecule has 2 aliphatic rings. The third kappa shape index (κ3) is 2.16. The monoisotopic (exact) mass is 199 g/mol. The zero-order valence-electron chi connectivity index (χ0n) is 8.28. The van der Waals surface area contributed by atoms with E-state index in [1.807, 2.05) is 0 Å². The second-order valence-electron chi connectivity index (χ2n) is 4.09. The van der Waals surface area contributed by atoms with Crippen LogP contribution in [0.5, 0.6) is 0 Å². The van der Waals surface area contributed by atoms with E-state index in [2.05, 4.69) is 10.2 Å². The van der Waals surface area contributed by atoms with Gasteiger partial charge in [0, 0.05) is 45.8 Å². The molecule has 5 nitrogen and oxygen atoms in total. The molecule has 0 aromatic rings. The van der Waals surface area contributed by atoms with Crippen LogP contribution >= 0.6 is 0 Å². The summed E-state index contributed by atoms with van der Waals surface area (Å²) >= 11 is 0. The minimum atomic E-state index is -0.782. The van der Waals surface area contributed by atoms with Crippen LogP contribution in [0.1, 0.15) is 0 Å². The molecular formula is C9H17N3O2. The Bertz CT molecular complexity index is 210. The van der Waals surface area contributed by atoms with Gasteiger partial charge in [0.1, 0.15) is 0 Å². The van der Waals surface area contributed by atoms with Crippen molar-refractivity contribution < 1.29 is 9.90 Å². The van der Waals surface area contributed by atoms with E-state index >= 15 is 0 Å². The molecule has 0 aliphatic carbocycles. The average Bonchev–Trinajstić information content (AvgIpc) is 2.12. The quantitative estimate of drug-likeness (QED) is 0.629. The summed E-state index contributed by atoms with van der Waals surface area (Å²) in [7, 11) is 0. The Kier molecular flexibility index (Phi) is 2.88. The summed E-state index contributed by atoms with van der Waals surface area (Å²) < 4.78 is 0. The lowest BCUT2D eigenvalue weighted by molar-refractivity contribution is 0.0925. The summed E-state index contributed by atoms with van der Waals surface area (Å²) in [6, 6.07) is 0. The number of nitrogens with zero attached hydrogens (tertiary/aromatic N) is 2. The molecule has 0 aromatic heterocycles. The van der Waals surface area contributed by atoms with Gasteiger partial charge >= 0.3 is 6.09 Å². The summed E-state index contributed by atoms with van der Waals surface area (Å²) in [5.41, 5.74) is 0. The van der Waals surface area contributed by atoms with Crippen LogP contribution in [0.2, 0.25) is 0 Å². The minimum absolute atomic E-state index is 0.662. The molecule has 0 unspecified atom stereocenters. The molecule has 0 aromatic carbocycles. The van der Waals surface area contributed by atoms with E-state index in [9.17, 15) is 4.79 Å². The molecule has 2 N–H and O–H groups in total. The number of amides is 1. The van der Waals surface area contributed by atoms with Crippen LogP contribution in [0.3, 0.4) is 0 Å². The van der Waals surface area contributed by atoms with Crippen molar-refractivity contribution in [3.63, 3.8) is 0 Å². The molecule has 0 radical (unpaired) electrons. The van der Waals surface area contributed by atoms with Gasteiger partial charge in [-0.3, -0.25) is 4.90 Å². The van der Waals surface area contributed by atoms with E-state index in [0.717, 1.165) is 38.6 Å². The topological polar surface area (TPSA) is 55.8 Å². The number of carboxylic acid groups (broad SMARTS) is 1. The summed E-state index contributed by atoms with van der Waals surface area (Å²) in [6.45, 7) is 6.48. The molecule has 0 bridgehead atoms.